The number of nitrogens with one attached hydrogen (secondary N) is 2. The zero-order valence-electron chi connectivity index (χ0n) is 14.4. The Morgan fingerprint density at radius 1 is 1.15 bits per heavy atom. The van der Waals surface area contributed by atoms with E-state index in [2.05, 4.69) is 15.3 Å². The third-order valence-corrected chi connectivity index (χ3v) is 3.94. The van der Waals surface area contributed by atoms with Gasteiger partial charge in [-0.25, -0.2) is 9.37 Å². The number of imidazole rings is 1. The van der Waals surface area contributed by atoms with Crippen molar-refractivity contribution in [2.24, 2.45) is 11.5 Å². The highest BCUT2D eigenvalue weighted by Gasteiger charge is 2.13. The van der Waals surface area contributed by atoms with E-state index < -0.39 is 0 Å². The van der Waals surface area contributed by atoms with Gasteiger partial charge in [-0.1, -0.05) is 18.2 Å². The summed E-state index contributed by atoms with van der Waals surface area (Å²) in [5.41, 5.74) is 14.5. The average molecular weight is 414 g/mol. The first-order valence-corrected chi connectivity index (χ1v) is 8.06. The molecule has 27 heavy (non-hydrogen) atoms. The molecule has 6 nitrogen and oxygen atoms in total. The number of carbonyl (C=O) groups is 1. The molecule has 0 radical (unpaired) electrons. The minimum absolute atomic E-state index is 0. The van der Waals surface area contributed by atoms with E-state index in [0.717, 1.165) is 16.6 Å². The van der Waals surface area contributed by atoms with E-state index in [1.54, 1.807) is 12.1 Å². The van der Waals surface area contributed by atoms with E-state index in [4.69, 9.17) is 11.5 Å². The molecule has 1 amide bonds. The number of hydrogen-bond acceptors (Lipinski definition) is 4. The molecular weight excluding hydrogens is 392 g/mol. The largest absolute Gasteiger partial charge is 0.348 e. The number of halogens is 3. The maximum atomic E-state index is 13.0. The van der Waals surface area contributed by atoms with Crippen molar-refractivity contribution in [2.75, 3.05) is 13.1 Å². The SMILES string of the molecule is Cl.Cl.NCCC(N)CNC(=O)c1nc2cc(-c3ccc(F)cc3)ccc2[nH]1. The van der Waals surface area contributed by atoms with Gasteiger partial charge in [-0.15, -0.1) is 24.8 Å². The highest BCUT2D eigenvalue weighted by Crippen LogP contribution is 2.23. The molecule has 0 spiro atoms. The van der Waals surface area contributed by atoms with Crippen LogP contribution in [0.15, 0.2) is 42.5 Å². The first kappa shape index (κ1) is 22.9. The molecule has 0 aliphatic rings. The van der Waals surface area contributed by atoms with Crippen LogP contribution in [0.2, 0.25) is 0 Å². The molecule has 0 aliphatic carbocycles. The highest BCUT2D eigenvalue weighted by atomic mass is 35.5. The van der Waals surface area contributed by atoms with Crippen molar-refractivity contribution < 1.29 is 9.18 Å². The number of aromatic nitrogens is 2. The molecule has 3 aromatic rings. The third kappa shape index (κ3) is 5.64. The highest BCUT2D eigenvalue weighted by molar-refractivity contribution is 5.94. The van der Waals surface area contributed by atoms with Crippen molar-refractivity contribution >= 4 is 41.8 Å². The van der Waals surface area contributed by atoms with E-state index in [1.807, 2.05) is 18.2 Å². The Labute approximate surface area is 168 Å². The van der Waals surface area contributed by atoms with Gasteiger partial charge >= 0.3 is 0 Å². The molecule has 3 rings (SSSR count). The lowest BCUT2D eigenvalue weighted by Crippen LogP contribution is -2.38. The van der Waals surface area contributed by atoms with Gasteiger partial charge in [0, 0.05) is 12.6 Å². The van der Waals surface area contributed by atoms with Crippen molar-refractivity contribution in [3.63, 3.8) is 0 Å². The van der Waals surface area contributed by atoms with Crippen LogP contribution in [0.5, 0.6) is 0 Å². The summed E-state index contributed by atoms with van der Waals surface area (Å²) in [6.07, 6.45) is 0.640. The van der Waals surface area contributed by atoms with Crippen LogP contribution in [0.25, 0.3) is 22.2 Å². The molecule has 0 saturated carbocycles. The van der Waals surface area contributed by atoms with Crippen molar-refractivity contribution in [1.29, 1.82) is 0 Å². The molecule has 1 atom stereocenters. The van der Waals surface area contributed by atoms with Gasteiger partial charge in [0.1, 0.15) is 5.82 Å². The van der Waals surface area contributed by atoms with Gasteiger partial charge in [-0.2, -0.15) is 0 Å². The smallest absolute Gasteiger partial charge is 0.287 e. The molecule has 6 N–H and O–H groups in total. The van der Waals surface area contributed by atoms with E-state index >= 15 is 0 Å². The Kier molecular flexibility index (Phi) is 8.65. The summed E-state index contributed by atoms with van der Waals surface area (Å²) in [6.45, 7) is 0.821. The number of fused-ring (bicyclic) bond motifs is 1. The second-order valence-corrected chi connectivity index (χ2v) is 5.87. The van der Waals surface area contributed by atoms with E-state index in [0.29, 0.717) is 25.0 Å². The molecule has 1 aromatic heterocycles. The lowest BCUT2D eigenvalue weighted by Gasteiger charge is -2.10. The van der Waals surface area contributed by atoms with E-state index in [-0.39, 0.29) is 48.4 Å². The van der Waals surface area contributed by atoms with Crippen LogP contribution in [-0.4, -0.2) is 35.0 Å². The second kappa shape index (κ2) is 10.2. The van der Waals surface area contributed by atoms with Crippen LogP contribution in [0.4, 0.5) is 4.39 Å². The maximum absolute atomic E-state index is 13.0. The molecule has 1 unspecified atom stereocenters. The van der Waals surface area contributed by atoms with Gasteiger partial charge in [0.25, 0.3) is 5.91 Å². The Morgan fingerprint density at radius 3 is 2.48 bits per heavy atom. The van der Waals surface area contributed by atoms with Crippen LogP contribution >= 0.6 is 24.8 Å². The Hall–Kier alpha value is -2.19. The van der Waals surface area contributed by atoms with Crippen molar-refractivity contribution in [1.82, 2.24) is 15.3 Å². The van der Waals surface area contributed by atoms with Gasteiger partial charge in [0.2, 0.25) is 0 Å². The standard InChI is InChI=1S/C18H20FN5O.2ClH/c19-13-4-1-11(2-5-13)12-3-6-15-16(9-12)24-17(23-15)18(25)22-10-14(21)7-8-20;;/h1-6,9,14H,7-8,10,20-21H2,(H,22,25)(H,23,24);2*1H. The quantitative estimate of drug-likeness (QED) is 0.497. The summed E-state index contributed by atoms with van der Waals surface area (Å²) >= 11 is 0. The molecule has 0 saturated heterocycles. The fourth-order valence-corrected chi connectivity index (χ4v) is 2.56. The average Bonchev–Trinajstić information content (AvgIpc) is 3.04. The minimum atomic E-state index is -0.313. The fraction of sp³-hybridized carbons (Fsp3) is 0.222. The minimum Gasteiger partial charge on any atom is -0.348 e. The van der Waals surface area contributed by atoms with E-state index in [1.165, 1.54) is 12.1 Å². The maximum Gasteiger partial charge on any atom is 0.287 e. The zero-order valence-corrected chi connectivity index (χ0v) is 16.1. The summed E-state index contributed by atoms with van der Waals surface area (Å²) in [7, 11) is 0. The second-order valence-electron chi connectivity index (χ2n) is 5.87. The van der Waals surface area contributed by atoms with Crippen molar-refractivity contribution in [2.45, 2.75) is 12.5 Å². The van der Waals surface area contributed by atoms with Crippen LogP contribution in [0.1, 0.15) is 17.0 Å². The molecule has 2 aromatic carbocycles. The molecule has 146 valence electrons. The van der Waals surface area contributed by atoms with Crippen LogP contribution in [0.3, 0.4) is 0 Å². The predicted octanol–water partition coefficient (Wildman–Crippen LogP) is 2.62. The van der Waals surface area contributed by atoms with Gasteiger partial charge in [-0.05, 0) is 48.4 Å². The number of nitrogens with zero attached hydrogens (tertiary/aromatic N) is 1. The number of rotatable bonds is 6. The van der Waals surface area contributed by atoms with Crippen LogP contribution in [0, 0.1) is 5.82 Å². The number of nitrogens with two attached hydrogens (primary N) is 2. The number of benzene rings is 2. The van der Waals surface area contributed by atoms with Crippen molar-refractivity contribution in [3.8, 4) is 11.1 Å². The van der Waals surface area contributed by atoms with Gasteiger partial charge in [0.15, 0.2) is 5.82 Å². The van der Waals surface area contributed by atoms with Crippen LogP contribution in [-0.2, 0) is 0 Å². The number of carbonyl (C=O) groups excluding carboxylic acids is 1. The number of H-pyrrole nitrogens is 1. The summed E-state index contributed by atoms with van der Waals surface area (Å²) < 4.78 is 13.0. The normalized spacial score (nSPS) is 11.4. The number of hydrogen-bond donors (Lipinski definition) is 4. The van der Waals surface area contributed by atoms with Gasteiger partial charge in [-0.3, -0.25) is 4.79 Å². The van der Waals surface area contributed by atoms with E-state index in [9.17, 15) is 9.18 Å². The molecule has 1 heterocycles. The molecule has 0 bridgehead atoms. The summed E-state index contributed by atoms with van der Waals surface area (Å²) in [5.74, 6) is -0.366. The third-order valence-electron chi connectivity index (χ3n) is 3.94. The summed E-state index contributed by atoms with van der Waals surface area (Å²) in [4.78, 5) is 19.5. The Balaban J connectivity index is 0.00000182. The molecule has 9 heteroatoms. The monoisotopic (exact) mass is 413 g/mol. The topological polar surface area (TPSA) is 110 Å². The first-order chi connectivity index (χ1) is 12.1. The van der Waals surface area contributed by atoms with Gasteiger partial charge in [0.05, 0.1) is 11.0 Å². The molecular formula is C18H22Cl2FN5O. The number of aromatic amines is 1. The lowest BCUT2D eigenvalue weighted by molar-refractivity contribution is 0.0941. The Bertz CT molecular complexity index is 885. The zero-order chi connectivity index (χ0) is 17.8. The Morgan fingerprint density at radius 2 is 1.81 bits per heavy atom. The van der Waals surface area contributed by atoms with Crippen molar-refractivity contribution in [3.05, 3.63) is 54.1 Å². The van der Waals surface area contributed by atoms with Crippen LogP contribution < -0.4 is 16.8 Å². The predicted molar refractivity (Wildman–Crippen MR) is 110 cm³/mol. The van der Waals surface area contributed by atoms with Gasteiger partial charge < -0.3 is 21.8 Å². The molecule has 0 aliphatic heterocycles. The number of amides is 1. The fourth-order valence-electron chi connectivity index (χ4n) is 2.56. The first-order valence-electron chi connectivity index (χ1n) is 8.06. The molecule has 0 fully saturated rings. The summed E-state index contributed by atoms with van der Waals surface area (Å²) in [5, 5.41) is 2.74. The summed E-state index contributed by atoms with van der Waals surface area (Å²) in [6, 6.07) is 11.6. The lowest BCUT2D eigenvalue weighted by atomic mass is 10.1.